The number of esters is 1. The van der Waals surface area contributed by atoms with E-state index in [0.717, 1.165) is 11.3 Å². The summed E-state index contributed by atoms with van der Waals surface area (Å²) in [6, 6.07) is 10.4. The number of hydrogen-bond acceptors (Lipinski definition) is 6. The molecular weight excluding hydrogens is 336 g/mol. The molecule has 138 valence electrons. The highest BCUT2D eigenvalue weighted by Crippen LogP contribution is 2.23. The fourth-order valence-electron chi connectivity index (χ4n) is 3.23. The van der Waals surface area contributed by atoms with Crippen molar-refractivity contribution in [2.75, 3.05) is 20.8 Å². The third-order valence-corrected chi connectivity index (χ3v) is 4.48. The van der Waals surface area contributed by atoms with Crippen molar-refractivity contribution in [3.05, 3.63) is 54.0 Å². The minimum absolute atomic E-state index is 0.165. The van der Waals surface area contributed by atoms with Crippen LogP contribution in [0.5, 0.6) is 5.75 Å². The van der Waals surface area contributed by atoms with Crippen molar-refractivity contribution < 1.29 is 23.5 Å². The van der Waals surface area contributed by atoms with Gasteiger partial charge in [-0.05, 0) is 36.2 Å². The summed E-state index contributed by atoms with van der Waals surface area (Å²) in [6.45, 7) is 1.10. The monoisotopic (exact) mass is 358 g/mol. The molecule has 1 N–H and O–H groups in total. The maximum absolute atomic E-state index is 12.2. The zero-order chi connectivity index (χ0) is 18.5. The zero-order valence-electron chi connectivity index (χ0n) is 14.8. The predicted octanol–water partition coefficient (Wildman–Crippen LogP) is 1.83. The molecule has 1 aliphatic heterocycles. The Balaban J connectivity index is 1.70. The van der Waals surface area contributed by atoms with Crippen LogP contribution in [0.1, 0.15) is 22.5 Å². The number of ether oxygens (including phenoxy) is 2. The number of amides is 1. The normalized spacial score (nSPS) is 19.9. The third-order valence-electron chi connectivity index (χ3n) is 4.48. The summed E-state index contributed by atoms with van der Waals surface area (Å²) in [6.07, 6.45) is 1.94. The van der Waals surface area contributed by atoms with Crippen LogP contribution in [0.25, 0.3) is 0 Å². The van der Waals surface area contributed by atoms with Crippen molar-refractivity contribution in [1.29, 1.82) is 0 Å². The highest BCUT2D eigenvalue weighted by Gasteiger charge is 2.38. The van der Waals surface area contributed by atoms with Gasteiger partial charge in [0.15, 0.2) is 5.76 Å². The van der Waals surface area contributed by atoms with Gasteiger partial charge in [0.2, 0.25) is 0 Å². The number of carbonyl (C=O) groups is 2. The first kappa shape index (κ1) is 18.0. The van der Waals surface area contributed by atoms with E-state index in [4.69, 9.17) is 13.9 Å². The molecule has 0 bridgehead atoms. The molecule has 7 nitrogen and oxygen atoms in total. The molecule has 0 radical (unpaired) electrons. The minimum Gasteiger partial charge on any atom is -0.497 e. The smallest absolute Gasteiger partial charge is 0.323 e. The van der Waals surface area contributed by atoms with E-state index < -0.39 is 6.04 Å². The van der Waals surface area contributed by atoms with E-state index in [1.807, 2.05) is 29.2 Å². The molecule has 0 unspecified atom stereocenters. The van der Waals surface area contributed by atoms with Gasteiger partial charge in [0.05, 0.1) is 20.5 Å². The summed E-state index contributed by atoms with van der Waals surface area (Å²) in [5, 5.41) is 2.92. The molecule has 26 heavy (non-hydrogen) atoms. The van der Waals surface area contributed by atoms with Crippen LogP contribution in [0.4, 0.5) is 0 Å². The first-order valence-electron chi connectivity index (χ1n) is 8.40. The van der Waals surface area contributed by atoms with E-state index in [1.165, 1.54) is 13.4 Å². The van der Waals surface area contributed by atoms with E-state index >= 15 is 0 Å². The molecule has 0 saturated carbocycles. The van der Waals surface area contributed by atoms with Crippen molar-refractivity contribution in [3.8, 4) is 5.75 Å². The van der Waals surface area contributed by atoms with Crippen LogP contribution >= 0.6 is 0 Å². The molecule has 1 aromatic carbocycles. The van der Waals surface area contributed by atoms with Crippen LogP contribution in [0, 0.1) is 0 Å². The highest BCUT2D eigenvalue weighted by atomic mass is 16.5. The molecule has 1 aliphatic rings. The van der Waals surface area contributed by atoms with Gasteiger partial charge in [-0.25, -0.2) is 0 Å². The standard InChI is InChI=1S/C19H22N2O5/c1-24-15-6-3-5-13(9-15)11-21-12-14(10-16(21)19(23)25-2)20-18(22)17-7-4-8-26-17/h3-9,14,16H,10-12H2,1-2H3,(H,20,22)/t14-,16-/m0/s1. The van der Waals surface area contributed by atoms with Gasteiger partial charge in [-0.1, -0.05) is 12.1 Å². The van der Waals surface area contributed by atoms with Gasteiger partial charge < -0.3 is 19.2 Å². The molecular formula is C19H22N2O5. The zero-order valence-corrected chi connectivity index (χ0v) is 14.8. The number of furan rings is 1. The maximum atomic E-state index is 12.2. The molecule has 2 atom stereocenters. The first-order chi connectivity index (χ1) is 12.6. The predicted molar refractivity (Wildman–Crippen MR) is 93.8 cm³/mol. The number of methoxy groups -OCH3 is 2. The van der Waals surface area contributed by atoms with Crippen molar-refractivity contribution in [2.45, 2.75) is 25.0 Å². The lowest BCUT2D eigenvalue weighted by Crippen LogP contribution is -2.37. The van der Waals surface area contributed by atoms with Crippen LogP contribution < -0.4 is 10.1 Å². The summed E-state index contributed by atoms with van der Waals surface area (Å²) in [4.78, 5) is 26.4. The molecule has 2 heterocycles. The van der Waals surface area contributed by atoms with Crippen molar-refractivity contribution in [1.82, 2.24) is 10.2 Å². The van der Waals surface area contributed by atoms with Gasteiger partial charge in [0.1, 0.15) is 11.8 Å². The summed E-state index contributed by atoms with van der Waals surface area (Å²) in [5.41, 5.74) is 1.02. The molecule has 1 aromatic heterocycles. The van der Waals surface area contributed by atoms with E-state index in [-0.39, 0.29) is 23.7 Å². The van der Waals surface area contributed by atoms with Crippen LogP contribution in [0.2, 0.25) is 0 Å². The average molecular weight is 358 g/mol. The number of carbonyl (C=O) groups excluding carboxylic acids is 2. The van der Waals surface area contributed by atoms with Crippen molar-refractivity contribution in [3.63, 3.8) is 0 Å². The van der Waals surface area contributed by atoms with E-state index in [0.29, 0.717) is 19.5 Å². The van der Waals surface area contributed by atoms with Crippen LogP contribution in [0.3, 0.4) is 0 Å². The number of nitrogens with one attached hydrogen (secondary N) is 1. The lowest BCUT2D eigenvalue weighted by molar-refractivity contribution is -0.146. The SMILES string of the molecule is COC(=O)[C@@H]1C[C@H](NC(=O)c2ccco2)CN1Cc1cccc(OC)c1. The van der Waals surface area contributed by atoms with Crippen LogP contribution in [-0.4, -0.2) is 49.6 Å². The quantitative estimate of drug-likeness (QED) is 0.794. The van der Waals surface area contributed by atoms with Gasteiger partial charge >= 0.3 is 5.97 Å². The Morgan fingerprint density at radius 3 is 2.81 bits per heavy atom. The molecule has 2 aromatic rings. The molecule has 3 rings (SSSR count). The van der Waals surface area contributed by atoms with Crippen LogP contribution in [0.15, 0.2) is 47.1 Å². The van der Waals surface area contributed by atoms with Gasteiger partial charge in [-0.15, -0.1) is 0 Å². The number of nitrogens with zero attached hydrogens (tertiary/aromatic N) is 1. The molecule has 7 heteroatoms. The third kappa shape index (κ3) is 4.05. The molecule has 1 fully saturated rings. The van der Waals surface area contributed by atoms with E-state index in [9.17, 15) is 9.59 Å². The Morgan fingerprint density at radius 2 is 2.12 bits per heavy atom. The highest BCUT2D eigenvalue weighted by molar-refractivity contribution is 5.91. The van der Waals surface area contributed by atoms with Gasteiger partial charge in [0, 0.05) is 19.1 Å². The molecule has 0 spiro atoms. The van der Waals surface area contributed by atoms with Gasteiger partial charge in [-0.2, -0.15) is 0 Å². The second kappa shape index (κ2) is 8.05. The Kier molecular flexibility index (Phi) is 5.58. The minimum atomic E-state index is -0.409. The second-order valence-corrected chi connectivity index (χ2v) is 6.20. The first-order valence-corrected chi connectivity index (χ1v) is 8.40. The number of benzene rings is 1. The Hall–Kier alpha value is -2.80. The number of likely N-dealkylation sites (tertiary alicyclic amines) is 1. The summed E-state index contributed by atoms with van der Waals surface area (Å²) in [7, 11) is 2.99. The van der Waals surface area contributed by atoms with Gasteiger partial charge in [-0.3, -0.25) is 14.5 Å². The van der Waals surface area contributed by atoms with E-state index in [2.05, 4.69) is 5.32 Å². The number of rotatable bonds is 6. The van der Waals surface area contributed by atoms with Gasteiger partial charge in [0.25, 0.3) is 5.91 Å². The summed E-state index contributed by atoms with van der Waals surface area (Å²) < 4.78 is 15.3. The summed E-state index contributed by atoms with van der Waals surface area (Å²) in [5.74, 6) is 0.430. The lowest BCUT2D eigenvalue weighted by Gasteiger charge is -2.22. The Labute approximate surface area is 151 Å². The molecule has 1 amide bonds. The molecule has 1 saturated heterocycles. The lowest BCUT2D eigenvalue weighted by atomic mass is 10.1. The average Bonchev–Trinajstić information content (AvgIpc) is 3.31. The number of hydrogen-bond donors (Lipinski definition) is 1. The Morgan fingerprint density at radius 1 is 1.27 bits per heavy atom. The van der Waals surface area contributed by atoms with Crippen LogP contribution in [-0.2, 0) is 16.1 Å². The second-order valence-electron chi connectivity index (χ2n) is 6.20. The largest absolute Gasteiger partial charge is 0.497 e. The fraction of sp³-hybridized carbons (Fsp3) is 0.368. The van der Waals surface area contributed by atoms with E-state index in [1.54, 1.807) is 19.2 Å². The topological polar surface area (TPSA) is 81.0 Å². The summed E-state index contributed by atoms with van der Waals surface area (Å²) >= 11 is 0. The Bertz CT molecular complexity index is 759. The van der Waals surface area contributed by atoms with Crippen molar-refractivity contribution >= 4 is 11.9 Å². The fourth-order valence-corrected chi connectivity index (χ4v) is 3.23. The van der Waals surface area contributed by atoms with Crippen molar-refractivity contribution in [2.24, 2.45) is 0 Å². The maximum Gasteiger partial charge on any atom is 0.323 e. The molecule has 0 aliphatic carbocycles.